The second kappa shape index (κ2) is 7.69. The number of fused-ring (bicyclic) bond motifs is 1. The average Bonchev–Trinajstić information content (AvgIpc) is 2.99. The molecular weight excluding hydrogens is 368 g/mol. The van der Waals surface area contributed by atoms with Crippen molar-refractivity contribution in [3.63, 3.8) is 0 Å². The number of anilines is 2. The first-order valence-electron chi connectivity index (χ1n) is 9.99. The molecule has 152 valence electrons. The van der Waals surface area contributed by atoms with Gasteiger partial charge in [-0.1, -0.05) is 13.0 Å². The van der Waals surface area contributed by atoms with Gasteiger partial charge in [0, 0.05) is 25.0 Å². The maximum absolute atomic E-state index is 12.6. The summed E-state index contributed by atoms with van der Waals surface area (Å²) in [4.78, 5) is 31.8. The Bertz CT molecular complexity index is 1120. The molecule has 0 aliphatic carbocycles. The number of piperidine rings is 1. The zero-order valence-electron chi connectivity index (χ0n) is 17.1. The number of hydrogen-bond donors (Lipinski definition) is 1. The summed E-state index contributed by atoms with van der Waals surface area (Å²) >= 11 is 0. The summed E-state index contributed by atoms with van der Waals surface area (Å²) in [5.74, 6) is 1.45. The van der Waals surface area contributed by atoms with Crippen LogP contribution in [0.3, 0.4) is 0 Å². The zero-order chi connectivity index (χ0) is 20.5. The van der Waals surface area contributed by atoms with Gasteiger partial charge in [-0.2, -0.15) is 4.98 Å². The van der Waals surface area contributed by atoms with Gasteiger partial charge in [-0.05, 0) is 61.9 Å². The molecule has 1 aromatic carbocycles. The molecule has 0 radical (unpaired) electrons. The number of rotatable bonds is 4. The summed E-state index contributed by atoms with van der Waals surface area (Å²) in [5, 5.41) is 7.09. The van der Waals surface area contributed by atoms with Gasteiger partial charge in [0.05, 0.1) is 0 Å². The molecule has 1 N–H and O–H groups in total. The monoisotopic (exact) mass is 394 g/mol. The van der Waals surface area contributed by atoms with Crippen LogP contribution in [0.4, 0.5) is 11.5 Å². The molecule has 3 heterocycles. The second-order valence-corrected chi connectivity index (χ2v) is 7.94. The molecule has 1 aliphatic rings. The molecule has 1 atom stereocenters. The Morgan fingerprint density at radius 1 is 1.24 bits per heavy atom. The van der Waals surface area contributed by atoms with Gasteiger partial charge in [-0.15, -0.1) is 5.10 Å². The maximum atomic E-state index is 12.6. The Labute approximate surface area is 169 Å². The minimum absolute atomic E-state index is 0.162. The highest BCUT2D eigenvalue weighted by Crippen LogP contribution is 2.21. The topological polar surface area (TPSA) is 84.5 Å². The van der Waals surface area contributed by atoms with Gasteiger partial charge < -0.3 is 10.2 Å². The highest BCUT2D eigenvalue weighted by atomic mass is 16.2. The molecule has 0 spiro atoms. The summed E-state index contributed by atoms with van der Waals surface area (Å²) in [6, 6.07) is 7.55. The van der Waals surface area contributed by atoms with Crippen LogP contribution in [0.25, 0.3) is 5.78 Å². The zero-order valence-corrected chi connectivity index (χ0v) is 17.1. The predicted octanol–water partition coefficient (Wildman–Crippen LogP) is 2.38. The molecule has 1 fully saturated rings. The van der Waals surface area contributed by atoms with Crippen molar-refractivity contribution in [3.8, 4) is 0 Å². The number of hydrogen-bond acceptors (Lipinski definition) is 5. The Kier molecular flexibility index (Phi) is 5.08. The lowest BCUT2D eigenvalue weighted by atomic mass is 10.0. The molecule has 1 saturated heterocycles. The number of carbonyl (C=O) groups is 1. The molecule has 0 saturated carbocycles. The van der Waals surface area contributed by atoms with E-state index in [9.17, 15) is 9.59 Å². The number of aryl methyl sites for hydroxylation is 2. The van der Waals surface area contributed by atoms with Gasteiger partial charge in [0.2, 0.25) is 5.91 Å². The van der Waals surface area contributed by atoms with Crippen LogP contribution in [0.5, 0.6) is 0 Å². The van der Waals surface area contributed by atoms with E-state index in [1.165, 1.54) is 10.8 Å². The van der Waals surface area contributed by atoms with Crippen LogP contribution in [-0.4, -0.2) is 38.2 Å². The van der Waals surface area contributed by atoms with Gasteiger partial charge in [0.25, 0.3) is 5.78 Å². The van der Waals surface area contributed by atoms with Crippen LogP contribution < -0.4 is 15.9 Å². The van der Waals surface area contributed by atoms with E-state index < -0.39 is 0 Å². The highest BCUT2D eigenvalue weighted by molar-refractivity contribution is 5.90. The van der Waals surface area contributed by atoms with Crippen molar-refractivity contribution < 1.29 is 4.79 Å². The van der Waals surface area contributed by atoms with E-state index in [4.69, 9.17) is 0 Å². The third kappa shape index (κ3) is 4.01. The first-order chi connectivity index (χ1) is 13.9. The Morgan fingerprint density at radius 2 is 2.07 bits per heavy atom. The molecule has 0 bridgehead atoms. The van der Waals surface area contributed by atoms with Gasteiger partial charge in [-0.25, -0.2) is 13.9 Å². The second-order valence-electron chi connectivity index (χ2n) is 7.94. The Hall–Kier alpha value is -3.16. The number of aromatic nitrogens is 4. The van der Waals surface area contributed by atoms with Crippen LogP contribution >= 0.6 is 0 Å². The normalized spacial score (nSPS) is 16.9. The Morgan fingerprint density at radius 3 is 2.83 bits per heavy atom. The first kappa shape index (κ1) is 19.2. The van der Waals surface area contributed by atoms with E-state index in [-0.39, 0.29) is 18.1 Å². The van der Waals surface area contributed by atoms with Crippen molar-refractivity contribution in [3.05, 3.63) is 52.1 Å². The number of amides is 1. The fourth-order valence-electron chi connectivity index (χ4n) is 3.73. The van der Waals surface area contributed by atoms with Crippen LogP contribution in [-0.2, 0) is 11.3 Å². The van der Waals surface area contributed by atoms with Gasteiger partial charge in [0.15, 0.2) is 0 Å². The van der Waals surface area contributed by atoms with Crippen molar-refractivity contribution in [1.29, 1.82) is 0 Å². The SMILES string of the molecule is Cc1ccc(NC(=O)Cn2nc3nc(N4CCC[C@H](C)C4)ccn3c2=O)cc1C. The minimum Gasteiger partial charge on any atom is -0.356 e. The number of benzene rings is 1. The van der Waals surface area contributed by atoms with Crippen LogP contribution in [0, 0.1) is 19.8 Å². The van der Waals surface area contributed by atoms with Crippen LogP contribution in [0.15, 0.2) is 35.3 Å². The van der Waals surface area contributed by atoms with Crippen molar-refractivity contribution in [2.75, 3.05) is 23.3 Å². The van der Waals surface area contributed by atoms with Gasteiger partial charge >= 0.3 is 5.69 Å². The van der Waals surface area contributed by atoms with E-state index in [2.05, 4.69) is 27.2 Å². The third-order valence-corrected chi connectivity index (χ3v) is 5.50. The predicted molar refractivity (Wildman–Crippen MR) is 112 cm³/mol. The summed E-state index contributed by atoms with van der Waals surface area (Å²) in [5.41, 5.74) is 2.58. The maximum Gasteiger partial charge on any atom is 0.352 e. The van der Waals surface area contributed by atoms with Crippen LogP contribution in [0.1, 0.15) is 30.9 Å². The number of nitrogens with zero attached hydrogens (tertiary/aromatic N) is 5. The molecule has 2 aromatic heterocycles. The van der Waals surface area contributed by atoms with E-state index in [0.29, 0.717) is 17.4 Å². The summed E-state index contributed by atoms with van der Waals surface area (Å²) in [6.45, 7) is 7.99. The molecule has 4 rings (SSSR count). The van der Waals surface area contributed by atoms with Gasteiger partial charge in [-0.3, -0.25) is 4.79 Å². The molecule has 1 aliphatic heterocycles. The van der Waals surface area contributed by atoms with Gasteiger partial charge in [0.1, 0.15) is 12.4 Å². The van der Waals surface area contributed by atoms with Crippen molar-refractivity contribution in [2.24, 2.45) is 5.92 Å². The first-order valence-corrected chi connectivity index (χ1v) is 9.99. The summed E-state index contributed by atoms with van der Waals surface area (Å²) < 4.78 is 2.53. The van der Waals surface area contributed by atoms with E-state index >= 15 is 0 Å². The molecule has 0 unspecified atom stereocenters. The third-order valence-electron chi connectivity index (χ3n) is 5.50. The molecule has 8 nitrogen and oxygen atoms in total. The fourth-order valence-corrected chi connectivity index (χ4v) is 3.73. The highest BCUT2D eigenvalue weighted by Gasteiger charge is 2.19. The fraction of sp³-hybridized carbons (Fsp3) is 0.429. The lowest BCUT2D eigenvalue weighted by molar-refractivity contribution is -0.117. The lowest BCUT2D eigenvalue weighted by Crippen LogP contribution is -2.34. The standard InChI is InChI=1S/C21H26N6O2/c1-14-5-4-9-25(12-14)18-8-10-26-20(23-18)24-27(21(26)29)13-19(28)22-17-7-6-15(2)16(3)11-17/h6-8,10-11,14H,4-5,9,12-13H2,1-3H3,(H,22,28)/t14-/m0/s1. The quantitative estimate of drug-likeness (QED) is 0.734. The van der Waals surface area contributed by atoms with Crippen molar-refractivity contribution >= 4 is 23.2 Å². The van der Waals surface area contributed by atoms with Crippen molar-refractivity contribution in [1.82, 2.24) is 19.2 Å². The van der Waals surface area contributed by atoms with Crippen LogP contribution in [0.2, 0.25) is 0 Å². The number of carbonyl (C=O) groups excluding carboxylic acids is 1. The molecule has 8 heteroatoms. The Balaban J connectivity index is 1.53. The van der Waals surface area contributed by atoms with E-state index in [0.717, 1.165) is 41.1 Å². The van der Waals surface area contributed by atoms with E-state index in [1.54, 1.807) is 6.20 Å². The number of nitrogens with one attached hydrogen (secondary N) is 1. The molecule has 29 heavy (non-hydrogen) atoms. The summed E-state index contributed by atoms with van der Waals surface area (Å²) in [6.07, 6.45) is 4.04. The van der Waals surface area contributed by atoms with Crippen molar-refractivity contribution in [2.45, 2.75) is 40.2 Å². The minimum atomic E-state index is -0.374. The summed E-state index contributed by atoms with van der Waals surface area (Å²) in [7, 11) is 0. The van der Waals surface area contributed by atoms with E-state index in [1.807, 2.05) is 38.1 Å². The smallest absolute Gasteiger partial charge is 0.352 e. The lowest BCUT2D eigenvalue weighted by Gasteiger charge is -2.31. The largest absolute Gasteiger partial charge is 0.356 e. The molecule has 1 amide bonds. The molecule has 3 aromatic rings. The average molecular weight is 394 g/mol. The molecular formula is C21H26N6O2.